The molecule has 6 rings (SSSR count). The zero-order valence-electron chi connectivity index (χ0n) is 18.8. The molecular formula is C24H30N6OS2. The van der Waals surface area contributed by atoms with E-state index in [1.165, 1.54) is 23.3 Å². The minimum atomic E-state index is 0.0750. The zero-order chi connectivity index (χ0) is 22.4. The number of hydrogen-bond acceptors (Lipinski definition) is 8. The number of thiazole rings is 1. The van der Waals surface area contributed by atoms with Crippen molar-refractivity contribution in [3.63, 3.8) is 0 Å². The van der Waals surface area contributed by atoms with E-state index in [1.807, 2.05) is 18.5 Å². The summed E-state index contributed by atoms with van der Waals surface area (Å²) in [5.41, 5.74) is 3.36. The van der Waals surface area contributed by atoms with Crippen molar-refractivity contribution in [2.75, 3.05) is 25.0 Å². The molecule has 1 aliphatic carbocycles. The lowest BCUT2D eigenvalue weighted by atomic mass is 9.99. The first-order valence-corrected chi connectivity index (χ1v) is 13.6. The summed E-state index contributed by atoms with van der Waals surface area (Å²) in [5.74, 6) is 1.71. The van der Waals surface area contributed by atoms with Crippen LogP contribution in [0.15, 0.2) is 18.5 Å². The molecule has 4 N–H and O–H groups in total. The van der Waals surface area contributed by atoms with E-state index in [4.69, 9.17) is 4.98 Å². The third-order valence-electron chi connectivity index (χ3n) is 7.31. The monoisotopic (exact) mass is 482 g/mol. The first-order chi connectivity index (χ1) is 16.1. The summed E-state index contributed by atoms with van der Waals surface area (Å²) in [6.07, 6.45) is 7.53. The van der Waals surface area contributed by atoms with Crippen molar-refractivity contribution in [3.8, 4) is 10.6 Å². The molecule has 0 unspecified atom stereocenters. The Labute approximate surface area is 201 Å². The van der Waals surface area contributed by atoms with Gasteiger partial charge in [0, 0.05) is 48.2 Å². The first kappa shape index (κ1) is 21.6. The molecular weight excluding hydrogens is 452 g/mol. The molecule has 174 valence electrons. The van der Waals surface area contributed by atoms with Gasteiger partial charge in [0.25, 0.3) is 0 Å². The van der Waals surface area contributed by atoms with Crippen LogP contribution in [0.3, 0.4) is 0 Å². The highest BCUT2D eigenvalue weighted by molar-refractivity contribution is 7.22. The van der Waals surface area contributed by atoms with Crippen LogP contribution >= 0.6 is 22.7 Å². The molecule has 4 atom stereocenters. The molecule has 3 aliphatic rings. The minimum absolute atomic E-state index is 0.0750. The standard InChI is InChI=1S/C24H30N6OS2/c1-13-6-17-20(12-28-13)33-24(22(17)23-29-18-11-25-4-2-19(18)32-23)30-21(31)3-5-27-16-7-14-9-26-10-15(14)8-16/h2,4,11,13-16,26-28H,3,5-10,12H2,1H3,(H,30,31)/t13-,14-,15+,16+/m0/s1. The fourth-order valence-corrected chi connectivity index (χ4v) is 7.90. The van der Waals surface area contributed by atoms with Gasteiger partial charge in [-0.15, -0.1) is 22.7 Å². The SMILES string of the molecule is C[C@H]1Cc2c(sc(NC(=O)CCN[C@@H]3C[C@H]4CNC[C@H]4C3)c2-c2nc3cnccc3s2)CN1. The number of pyridine rings is 1. The topological polar surface area (TPSA) is 91.0 Å². The van der Waals surface area contributed by atoms with Crippen molar-refractivity contribution >= 4 is 43.8 Å². The van der Waals surface area contributed by atoms with E-state index in [0.29, 0.717) is 18.5 Å². The number of aromatic nitrogens is 2. The third-order valence-corrected chi connectivity index (χ3v) is 9.51. The van der Waals surface area contributed by atoms with Crippen molar-refractivity contribution in [1.29, 1.82) is 0 Å². The number of carbonyl (C=O) groups excluding carboxylic acids is 1. The number of hydrogen-bond donors (Lipinski definition) is 4. The van der Waals surface area contributed by atoms with Crippen molar-refractivity contribution in [3.05, 3.63) is 28.9 Å². The molecule has 33 heavy (non-hydrogen) atoms. The van der Waals surface area contributed by atoms with Gasteiger partial charge in [0.15, 0.2) is 0 Å². The van der Waals surface area contributed by atoms with E-state index in [-0.39, 0.29) is 5.91 Å². The van der Waals surface area contributed by atoms with E-state index in [0.717, 1.165) is 70.2 Å². The number of carbonyl (C=O) groups is 1. The van der Waals surface area contributed by atoms with Gasteiger partial charge in [-0.2, -0.15) is 0 Å². The van der Waals surface area contributed by atoms with Crippen LogP contribution in [-0.2, 0) is 17.8 Å². The molecule has 3 aromatic rings. The fraction of sp³-hybridized carbons (Fsp3) is 0.542. The number of nitrogens with zero attached hydrogens (tertiary/aromatic N) is 2. The largest absolute Gasteiger partial charge is 0.317 e. The average molecular weight is 483 g/mol. The Morgan fingerprint density at radius 2 is 2.09 bits per heavy atom. The number of rotatable bonds is 6. The van der Waals surface area contributed by atoms with Gasteiger partial charge in [-0.05, 0) is 62.7 Å². The van der Waals surface area contributed by atoms with Crippen LogP contribution in [0.2, 0.25) is 0 Å². The molecule has 0 spiro atoms. The van der Waals surface area contributed by atoms with Crippen LogP contribution in [0, 0.1) is 11.8 Å². The Kier molecular flexibility index (Phi) is 5.92. The van der Waals surface area contributed by atoms with E-state index in [2.05, 4.69) is 33.2 Å². The maximum absolute atomic E-state index is 12.9. The van der Waals surface area contributed by atoms with Gasteiger partial charge < -0.3 is 21.3 Å². The van der Waals surface area contributed by atoms with E-state index < -0.39 is 0 Å². The van der Waals surface area contributed by atoms with Crippen molar-refractivity contribution in [2.45, 2.75) is 51.2 Å². The minimum Gasteiger partial charge on any atom is -0.317 e. The Balaban J connectivity index is 1.17. The molecule has 2 aliphatic heterocycles. The predicted molar refractivity (Wildman–Crippen MR) is 135 cm³/mol. The molecule has 2 fully saturated rings. The van der Waals surface area contributed by atoms with Crippen molar-refractivity contribution in [2.24, 2.45) is 11.8 Å². The van der Waals surface area contributed by atoms with Crippen LogP contribution < -0.4 is 21.3 Å². The fourth-order valence-electron chi connectivity index (χ4n) is 5.63. The van der Waals surface area contributed by atoms with Gasteiger partial charge in [-0.1, -0.05) is 0 Å². The van der Waals surface area contributed by atoms with Crippen LogP contribution in [-0.4, -0.2) is 47.6 Å². The number of anilines is 1. The second kappa shape index (κ2) is 9.03. The zero-order valence-corrected chi connectivity index (χ0v) is 20.5. The molecule has 0 aromatic carbocycles. The summed E-state index contributed by atoms with van der Waals surface area (Å²) < 4.78 is 1.12. The van der Waals surface area contributed by atoms with Gasteiger partial charge in [0.05, 0.1) is 10.9 Å². The second-order valence-electron chi connectivity index (χ2n) is 9.66. The van der Waals surface area contributed by atoms with Gasteiger partial charge in [-0.3, -0.25) is 9.78 Å². The number of thiophene rings is 1. The van der Waals surface area contributed by atoms with Crippen LogP contribution in [0.1, 0.15) is 36.6 Å². The molecule has 7 nitrogen and oxygen atoms in total. The Bertz CT molecular complexity index is 1130. The van der Waals surface area contributed by atoms with Crippen molar-refractivity contribution in [1.82, 2.24) is 25.9 Å². The second-order valence-corrected chi connectivity index (χ2v) is 11.8. The van der Waals surface area contributed by atoms with E-state index in [9.17, 15) is 4.79 Å². The lowest BCUT2D eigenvalue weighted by Gasteiger charge is -2.20. The van der Waals surface area contributed by atoms with Gasteiger partial charge in [-0.25, -0.2) is 4.98 Å². The quantitative estimate of drug-likeness (QED) is 0.431. The average Bonchev–Trinajstić information content (AvgIpc) is 3.54. The first-order valence-electron chi connectivity index (χ1n) is 12.0. The number of nitrogens with one attached hydrogen (secondary N) is 4. The maximum Gasteiger partial charge on any atom is 0.226 e. The highest BCUT2D eigenvalue weighted by Crippen LogP contribution is 2.45. The summed E-state index contributed by atoms with van der Waals surface area (Å²) in [7, 11) is 0. The molecule has 9 heteroatoms. The Hall–Kier alpha value is -1.91. The molecule has 3 aromatic heterocycles. The van der Waals surface area contributed by atoms with Crippen LogP contribution in [0.5, 0.6) is 0 Å². The molecule has 5 heterocycles. The number of amides is 1. The lowest BCUT2D eigenvalue weighted by Crippen LogP contribution is -2.32. The third kappa shape index (κ3) is 4.33. The molecule has 1 saturated carbocycles. The summed E-state index contributed by atoms with van der Waals surface area (Å²) in [4.78, 5) is 23.3. The van der Waals surface area contributed by atoms with Crippen LogP contribution in [0.4, 0.5) is 5.00 Å². The number of fused-ring (bicyclic) bond motifs is 3. The summed E-state index contributed by atoms with van der Waals surface area (Å²) in [5, 5.41) is 15.8. The molecule has 0 bridgehead atoms. The van der Waals surface area contributed by atoms with Gasteiger partial charge in [0.1, 0.15) is 15.5 Å². The Morgan fingerprint density at radius 3 is 2.91 bits per heavy atom. The van der Waals surface area contributed by atoms with E-state index >= 15 is 0 Å². The van der Waals surface area contributed by atoms with E-state index in [1.54, 1.807) is 22.7 Å². The van der Waals surface area contributed by atoms with Crippen LogP contribution in [0.25, 0.3) is 20.8 Å². The van der Waals surface area contributed by atoms with Gasteiger partial charge in [0.2, 0.25) is 5.91 Å². The highest BCUT2D eigenvalue weighted by Gasteiger charge is 2.36. The predicted octanol–water partition coefficient (Wildman–Crippen LogP) is 3.37. The molecule has 0 radical (unpaired) electrons. The highest BCUT2D eigenvalue weighted by atomic mass is 32.1. The summed E-state index contributed by atoms with van der Waals surface area (Å²) in [6.45, 7) is 6.10. The molecule has 1 amide bonds. The normalized spacial score (nSPS) is 26.5. The summed E-state index contributed by atoms with van der Waals surface area (Å²) in [6, 6.07) is 2.98. The molecule has 1 saturated heterocycles. The smallest absolute Gasteiger partial charge is 0.226 e. The van der Waals surface area contributed by atoms with Gasteiger partial charge >= 0.3 is 0 Å². The Morgan fingerprint density at radius 1 is 1.24 bits per heavy atom. The lowest BCUT2D eigenvalue weighted by molar-refractivity contribution is -0.116. The summed E-state index contributed by atoms with van der Waals surface area (Å²) >= 11 is 3.38. The van der Waals surface area contributed by atoms with Crippen molar-refractivity contribution < 1.29 is 4.79 Å². The maximum atomic E-state index is 12.9.